The molecule has 2 unspecified atom stereocenters. The van der Waals surface area contributed by atoms with Crippen LogP contribution in [0.25, 0.3) is 0 Å². The van der Waals surface area contributed by atoms with Crippen molar-refractivity contribution in [3.8, 4) is 0 Å². The predicted molar refractivity (Wildman–Crippen MR) is 61.4 cm³/mol. The first-order valence-corrected chi connectivity index (χ1v) is 6.04. The summed E-state index contributed by atoms with van der Waals surface area (Å²) in [5, 5.41) is 0. The predicted octanol–water partition coefficient (Wildman–Crippen LogP) is 4.02. The smallest absolute Gasteiger partial charge is 0.0574 e. The summed E-state index contributed by atoms with van der Waals surface area (Å²) in [5.41, 5.74) is 0.500. The number of ether oxygens (including phenoxy) is 1. The van der Waals surface area contributed by atoms with Crippen LogP contribution in [0.2, 0.25) is 0 Å². The Kier molecular flexibility index (Phi) is 4.43. The van der Waals surface area contributed by atoms with E-state index in [9.17, 15) is 0 Å². The Hall–Kier alpha value is -0.0400. The molecular formula is C13H26O. The summed E-state index contributed by atoms with van der Waals surface area (Å²) in [6, 6.07) is 0. The van der Waals surface area contributed by atoms with Crippen molar-refractivity contribution in [3.05, 3.63) is 0 Å². The molecule has 1 aliphatic carbocycles. The van der Waals surface area contributed by atoms with Crippen LogP contribution in [-0.2, 0) is 4.74 Å². The van der Waals surface area contributed by atoms with Crippen LogP contribution >= 0.6 is 0 Å². The van der Waals surface area contributed by atoms with Crippen LogP contribution in [-0.4, -0.2) is 13.2 Å². The highest BCUT2D eigenvalue weighted by atomic mass is 16.5. The molecule has 0 N–H and O–H groups in total. The SMILES string of the molecule is COC1CCCC(CCC(C)(C)C)C1. The average molecular weight is 198 g/mol. The third-order valence-corrected chi connectivity index (χ3v) is 3.37. The monoisotopic (exact) mass is 198 g/mol. The summed E-state index contributed by atoms with van der Waals surface area (Å²) in [4.78, 5) is 0. The van der Waals surface area contributed by atoms with Crippen LogP contribution in [0.4, 0.5) is 0 Å². The normalized spacial score (nSPS) is 29.1. The lowest BCUT2D eigenvalue weighted by atomic mass is 9.80. The van der Waals surface area contributed by atoms with Crippen molar-refractivity contribution in [1.82, 2.24) is 0 Å². The van der Waals surface area contributed by atoms with Gasteiger partial charge in [-0.25, -0.2) is 0 Å². The highest BCUT2D eigenvalue weighted by Crippen LogP contribution is 2.32. The largest absolute Gasteiger partial charge is 0.381 e. The molecule has 0 amide bonds. The number of hydrogen-bond acceptors (Lipinski definition) is 1. The summed E-state index contributed by atoms with van der Waals surface area (Å²) in [6.07, 6.45) is 8.67. The fourth-order valence-corrected chi connectivity index (χ4v) is 2.36. The zero-order valence-corrected chi connectivity index (χ0v) is 10.3. The Balaban J connectivity index is 2.24. The van der Waals surface area contributed by atoms with Gasteiger partial charge in [0.15, 0.2) is 0 Å². The lowest BCUT2D eigenvalue weighted by Crippen LogP contribution is -2.22. The van der Waals surface area contributed by atoms with E-state index in [2.05, 4.69) is 20.8 Å². The fraction of sp³-hybridized carbons (Fsp3) is 1.00. The molecule has 0 heterocycles. The summed E-state index contributed by atoms with van der Waals surface area (Å²) in [6.45, 7) is 7.01. The molecule has 0 saturated heterocycles. The molecule has 0 aromatic heterocycles. The van der Waals surface area contributed by atoms with Gasteiger partial charge in [-0.05, 0) is 37.0 Å². The van der Waals surface area contributed by atoms with Crippen molar-refractivity contribution < 1.29 is 4.74 Å². The Morgan fingerprint density at radius 2 is 1.93 bits per heavy atom. The van der Waals surface area contributed by atoms with Gasteiger partial charge in [0.2, 0.25) is 0 Å². The standard InChI is InChI=1S/C13H26O/c1-13(2,3)9-8-11-6-5-7-12(10-11)14-4/h11-12H,5-10H2,1-4H3. The summed E-state index contributed by atoms with van der Waals surface area (Å²) < 4.78 is 5.45. The van der Waals surface area contributed by atoms with E-state index < -0.39 is 0 Å². The molecule has 0 spiro atoms. The molecule has 1 aliphatic rings. The second-order valence-electron chi connectivity index (χ2n) is 5.99. The van der Waals surface area contributed by atoms with Gasteiger partial charge in [0.25, 0.3) is 0 Å². The van der Waals surface area contributed by atoms with E-state index in [1.807, 2.05) is 7.11 Å². The van der Waals surface area contributed by atoms with Gasteiger partial charge in [0, 0.05) is 7.11 Å². The van der Waals surface area contributed by atoms with Gasteiger partial charge in [-0.3, -0.25) is 0 Å². The van der Waals surface area contributed by atoms with E-state index in [-0.39, 0.29) is 0 Å². The second-order valence-corrected chi connectivity index (χ2v) is 5.99. The fourth-order valence-electron chi connectivity index (χ4n) is 2.36. The lowest BCUT2D eigenvalue weighted by molar-refractivity contribution is 0.0466. The minimum absolute atomic E-state index is 0.500. The van der Waals surface area contributed by atoms with Gasteiger partial charge >= 0.3 is 0 Å². The van der Waals surface area contributed by atoms with Gasteiger partial charge in [-0.1, -0.05) is 33.6 Å². The third-order valence-electron chi connectivity index (χ3n) is 3.37. The maximum absolute atomic E-state index is 5.45. The van der Waals surface area contributed by atoms with Gasteiger partial charge in [-0.15, -0.1) is 0 Å². The average Bonchev–Trinajstić information content (AvgIpc) is 2.14. The summed E-state index contributed by atoms with van der Waals surface area (Å²) in [5.74, 6) is 0.924. The quantitative estimate of drug-likeness (QED) is 0.665. The Morgan fingerprint density at radius 3 is 2.50 bits per heavy atom. The molecule has 1 rings (SSSR count). The molecule has 1 nitrogen and oxygen atoms in total. The molecule has 1 fully saturated rings. The van der Waals surface area contributed by atoms with Gasteiger partial charge in [0.1, 0.15) is 0 Å². The highest BCUT2D eigenvalue weighted by Gasteiger charge is 2.23. The van der Waals surface area contributed by atoms with Gasteiger partial charge in [0.05, 0.1) is 6.10 Å². The number of methoxy groups -OCH3 is 1. The topological polar surface area (TPSA) is 9.23 Å². The summed E-state index contributed by atoms with van der Waals surface area (Å²) in [7, 11) is 1.86. The molecule has 2 atom stereocenters. The first kappa shape index (κ1) is 12.0. The highest BCUT2D eigenvalue weighted by molar-refractivity contribution is 4.75. The first-order chi connectivity index (χ1) is 6.51. The van der Waals surface area contributed by atoms with Crippen LogP contribution in [0.1, 0.15) is 59.3 Å². The van der Waals surface area contributed by atoms with E-state index in [0.29, 0.717) is 11.5 Å². The van der Waals surface area contributed by atoms with E-state index in [1.54, 1.807) is 0 Å². The molecular weight excluding hydrogens is 172 g/mol. The van der Waals surface area contributed by atoms with Crippen molar-refractivity contribution in [1.29, 1.82) is 0 Å². The van der Waals surface area contributed by atoms with E-state index in [4.69, 9.17) is 4.74 Å². The zero-order valence-electron chi connectivity index (χ0n) is 10.3. The summed E-state index contributed by atoms with van der Waals surface area (Å²) >= 11 is 0. The van der Waals surface area contributed by atoms with Crippen LogP contribution in [0, 0.1) is 11.3 Å². The number of hydrogen-bond donors (Lipinski definition) is 0. The molecule has 84 valence electrons. The van der Waals surface area contributed by atoms with Crippen molar-refractivity contribution in [2.75, 3.05) is 7.11 Å². The Bertz CT molecular complexity index is 157. The zero-order chi connectivity index (χ0) is 10.6. The van der Waals surface area contributed by atoms with Crippen LogP contribution in [0.15, 0.2) is 0 Å². The molecule has 0 radical (unpaired) electrons. The second kappa shape index (κ2) is 5.16. The van der Waals surface area contributed by atoms with Crippen molar-refractivity contribution in [2.45, 2.75) is 65.4 Å². The maximum atomic E-state index is 5.45. The van der Waals surface area contributed by atoms with Crippen molar-refractivity contribution in [3.63, 3.8) is 0 Å². The molecule has 1 saturated carbocycles. The van der Waals surface area contributed by atoms with Crippen LogP contribution < -0.4 is 0 Å². The molecule has 14 heavy (non-hydrogen) atoms. The molecule has 1 heteroatoms. The Morgan fingerprint density at radius 1 is 1.21 bits per heavy atom. The molecule has 0 aromatic carbocycles. The third kappa shape index (κ3) is 4.45. The van der Waals surface area contributed by atoms with E-state index >= 15 is 0 Å². The van der Waals surface area contributed by atoms with Gasteiger partial charge in [-0.2, -0.15) is 0 Å². The van der Waals surface area contributed by atoms with Crippen LogP contribution in [0.5, 0.6) is 0 Å². The number of rotatable bonds is 3. The van der Waals surface area contributed by atoms with Crippen molar-refractivity contribution in [2.24, 2.45) is 11.3 Å². The maximum Gasteiger partial charge on any atom is 0.0574 e. The van der Waals surface area contributed by atoms with E-state index in [0.717, 1.165) is 5.92 Å². The van der Waals surface area contributed by atoms with Gasteiger partial charge < -0.3 is 4.74 Å². The minimum Gasteiger partial charge on any atom is -0.381 e. The lowest BCUT2D eigenvalue weighted by Gasteiger charge is -2.30. The first-order valence-electron chi connectivity index (χ1n) is 6.04. The molecule has 0 aromatic rings. The minimum atomic E-state index is 0.500. The Labute approximate surface area is 89.2 Å². The molecule has 0 bridgehead atoms. The molecule has 0 aliphatic heterocycles. The van der Waals surface area contributed by atoms with E-state index in [1.165, 1.54) is 38.5 Å². The van der Waals surface area contributed by atoms with Crippen LogP contribution in [0.3, 0.4) is 0 Å². The van der Waals surface area contributed by atoms with Crippen molar-refractivity contribution >= 4 is 0 Å².